The summed E-state index contributed by atoms with van der Waals surface area (Å²) in [5.41, 5.74) is -1.57. The molecular weight excluding hydrogens is 452 g/mol. The number of likely N-dealkylation sites (N-methyl/N-ethyl adjacent to an activating group) is 1. The van der Waals surface area contributed by atoms with Gasteiger partial charge in [0, 0.05) is 6.54 Å². The van der Waals surface area contributed by atoms with E-state index >= 15 is 0 Å². The maximum Gasteiger partial charge on any atom is 0.434 e. The second kappa shape index (κ2) is 10.7. The topological polar surface area (TPSA) is 59.4 Å². The summed E-state index contributed by atoms with van der Waals surface area (Å²) < 4.78 is 61.6. The van der Waals surface area contributed by atoms with Crippen LogP contribution in [0.2, 0.25) is 0 Å². The predicted octanol–water partition coefficient (Wildman–Crippen LogP) is 4.85. The fraction of sp³-hybridized carbons (Fsp3) is 0.333. The standard InChI is InChI=1S/C24H26F4N4O2/c1-4-31(5-2)21(16-9-8-10-17(13-16)34-3)15-29-23(33)18-14-30-32(22(18)24(26,27)28)20-12-7-6-11-19(20)25/h6-14,21H,4-5,15H2,1-3H3,(H,29,33). The van der Waals surface area contributed by atoms with Crippen LogP contribution in [0.4, 0.5) is 17.6 Å². The van der Waals surface area contributed by atoms with Gasteiger partial charge in [0.05, 0.1) is 24.9 Å². The average Bonchev–Trinajstić information content (AvgIpc) is 3.28. The summed E-state index contributed by atoms with van der Waals surface area (Å²) in [6.07, 6.45) is -4.13. The quantitative estimate of drug-likeness (QED) is 0.447. The van der Waals surface area contributed by atoms with Gasteiger partial charge in [0.15, 0.2) is 5.69 Å². The highest BCUT2D eigenvalue weighted by molar-refractivity contribution is 5.95. The Morgan fingerprint density at radius 2 is 1.85 bits per heavy atom. The number of rotatable bonds is 9. The molecule has 1 heterocycles. The third kappa shape index (κ3) is 5.39. The van der Waals surface area contributed by atoms with Crippen LogP contribution in [-0.2, 0) is 6.18 Å². The SMILES string of the molecule is CCN(CC)C(CNC(=O)c1cnn(-c2ccccc2F)c1C(F)(F)F)c1cccc(OC)c1. The Morgan fingerprint density at radius 1 is 1.15 bits per heavy atom. The second-order valence-corrected chi connectivity index (χ2v) is 7.49. The van der Waals surface area contributed by atoms with Crippen LogP contribution in [-0.4, -0.2) is 47.3 Å². The molecule has 0 aliphatic carbocycles. The van der Waals surface area contributed by atoms with Gasteiger partial charge < -0.3 is 10.1 Å². The van der Waals surface area contributed by atoms with E-state index in [9.17, 15) is 22.4 Å². The summed E-state index contributed by atoms with van der Waals surface area (Å²) in [5, 5.41) is 6.29. The van der Waals surface area contributed by atoms with Crippen LogP contribution in [0.25, 0.3) is 5.69 Å². The summed E-state index contributed by atoms with van der Waals surface area (Å²) in [5.74, 6) is -1.20. The zero-order valence-electron chi connectivity index (χ0n) is 19.1. The van der Waals surface area contributed by atoms with E-state index in [1.165, 1.54) is 18.2 Å². The number of carbonyl (C=O) groups excluding carboxylic acids is 1. The molecule has 182 valence electrons. The number of aromatic nitrogens is 2. The zero-order valence-corrected chi connectivity index (χ0v) is 19.1. The molecule has 34 heavy (non-hydrogen) atoms. The largest absolute Gasteiger partial charge is 0.497 e. The number of amides is 1. The third-order valence-electron chi connectivity index (χ3n) is 5.55. The van der Waals surface area contributed by atoms with E-state index in [0.29, 0.717) is 23.5 Å². The molecule has 0 bridgehead atoms. The smallest absolute Gasteiger partial charge is 0.434 e. The van der Waals surface area contributed by atoms with Crippen LogP contribution in [0.5, 0.6) is 5.75 Å². The molecule has 0 fully saturated rings. The highest BCUT2D eigenvalue weighted by atomic mass is 19.4. The summed E-state index contributed by atoms with van der Waals surface area (Å²) in [7, 11) is 1.54. The van der Waals surface area contributed by atoms with E-state index in [4.69, 9.17) is 4.74 Å². The molecule has 10 heteroatoms. The number of para-hydroxylation sites is 1. The van der Waals surface area contributed by atoms with Gasteiger partial charge in [0.25, 0.3) is 5.91 Å². The molecule has 0 saturated carbocycles. The Kier molecular flexibility index (Phi) is 7.93. The van der Waals surface area contributed by atoms with Gasteiger partial charge in [-0.05, 0) is 42.9 Å². The minimum Gasteiger partial charge on any atom is -0.497 e. The third-order valence-corrected chi connectivity index (χ3v) is 5.55. The molecule has 1 amide bonds. The number of nitrogens with one attached hydrogen (secondary N) is 1. The Balaban J connectivity index is 1.92. The van der Waals surface area contributed by atoms with E-state index in [-0.39, 0.29) is 12.6 Å². The summed E-state index contributed by atoms with van der Waals surface area (Å²) in [6.45, 7) is 5.29. The molecule has 0 radical (unpaired) electrons. The maximum absolute atomic E-state index is 14.2. The molecule has 1 unspecified atom stereocenters. The van der Waals surface area contributed by atoms with Crippen LogP contribution in [0.1, 0.15) is 41.5 Å². The van der Waals surface area contributed by atoms with E-state index < -0.39 is 34.8 Å². The number of alkyl halides is 3. The van der Waals surface area contributed by atoms with Crippen molar-refractivity contribution in [3.63, 3.8) is 0 Å². The first-order chi connectivity index (χ1) is 16.2. The van der Waals surface area contributed by atoms with Gasteiger partial charge in [0.2, 0.25) is 0 Å². The lowest BCUT2D eigenvalue weighted by Gasteiger charge is -2.30. The van der Waals surface area contributed by atoms with Gasteiger partial charge >= 0.3 is 6.18 Å². The first-order valence-electron chi connectivity index (χ1n) is 10.8. The zero-order chi connectivity index (χ0) is 24.9. The van der Waals surface area contributed by atoms with Crippen LogP contribution in [0.15, 0.2) is 54.7 Å². The van der Waals surface area contributed by atoms with Gasteiger partial charge in [-0.3, -0.25) is 9.69 Å². The molecule has 3 rings (SSSR count). The first kappa shape index (κ1) is 25.2. The number of ether oxygens (including phenoxy) is 1. The van der Waals surface area contributed by atoms with Crippen molar-refractivity contribution in [2.24, 2.45) is 0 Å². The van der Waals surface area contributed by atoms with E-state index in [2.05, 4.69) is 15.3 Å². The number of methoxy groups -OCH3 is 1. The fourth-order valence-electron chi connectivity index (χ4n) is 3.85. The van der Waals surface area contributed by atoms with Gasteiger partial charge in [-0.1, -0.05) is 38.1 Å². The van der Waals surface area contributed by atoms with E-state index in [1.807, 2.05) is 32.0 Å². The number of carbonyl (C=O) groups is 1. The molecular formula is C24H26F4N4O2. The molecule has 0 spiro atoms. The molecule has 0 aliphatic heterocycles. The molecule has 6 nitrogen and oxygen atoms in total. The van der Waals surface area contributed by atoms with Crippen molar-refractivity contribution >= 4 is 5.91 Å². The fourth-order valence-corrected chi connectivity index (χ4v) is 3.85. The number of nitrogens with zero attached hydrogens (tertiary/aromatic N) is 3. The Labute approximate surface area is 195 Å². The van der Waals surface area contributed by atoms with Crippen molar-refractivity contribution in [1.82, 2.24) is 20.0 Å². The summed E-state index contributed by atoms with van der Waals surface area (Å²) >= 11 is 0. The van der Waals surface area contributed by atoms with Crippen molar-refractivity contribution < 1.29 is 27.1 Å². The van der Waals surface area contributed by atoms with Gasteiger partial charge in [-0.15, -0.1) is 0 Å². The van der Waals surface area contributed by atoms with Crippen LogP contribution >= 0.6 is 0 Å². The average molecular weight is 478 g/mol. The number of halogens is 4. The lowest BCUT2D eigenvalue weighted by atomic mass is 10.0. The normalized spacial score (nSPS) is 12.6. The number of hydrogen-bond donors (Lipinski definition) is 1. The Bertz CT molecular complexity index is 1130. The molecule has 3 aromatic rings. The number of benzene rings is 2. The highest BCUT2D eigenvalue weighted by Gasteiger charge is 2.41. The monoisotopic (exact) mass is 478 g/mol. The summed E-state index contributed by atoms with van der Waals surface area (Å²) in [6, 6.07) is 11.9. The van der Waals surface area contributed by atoms with E-state index in [0.717, 1.165) is 17.8 Å². The van der Waals surface area contributed by atoms with Crippen LogP contribution in [0.3, 0.4) is 0 Å². The predicted molar refractivity (Wildman–Crippen MR) is 120 cm³/mol. The Hall–Kier alpha value is -3.40. The minimum absolute atomic E-state index is 0.0514. The molecule has 0 saturated heterocycles. The van der Waals surface area contributed by atoms with Gasteiger partial charge in [0.1, 0.15) is 17.3 Å². The lowest BCUT2D eigenvalue weighted by molar-refractivity contribution is -0.143. The molecule has 1 atom stereocenters. The van der Waals surface area contributed by atoms with Crippen molar-refractivity contribution in [3.8, 4) is 11.4 Å². The Morgan fingerprint density at radius 3 is 2.47 bits per heavy atom. The van der Waals surface area contributed by atoms with Gasteiger partial charge in [-0.25, -0.2) is 9.07 Å². The minimum atomic E-state index is -4.93. The highest BCUT2D eigenvalue weighted by Crippen LogP contribution is 2.34. The van der Waals surface area contributed by atoms with Crippen LogP contribution < -0.4 is 10.1 Å². The van der Waals surface area contributed by atoms with Crippen molar-refractivity contribution in [2.75, 3.05) is 26.7 Å². The maximum atomic E-state index is 14.2. The molecule has 1 aromatic heterocycles. The summed E-state index contributed by atoms with van der Waals surface area (Å²) in [4.78, 5) is 15.0. The lowest BCUT2D eigenvalue weighted by Crippen LogP contribution is -2.38. The molecule has 1 N–H and O–H groups in total. The van der Waals surface area contributed by atoms with Crippen molar-refractivity contribution in [2.45, 2.75) is 26.1 Å². The number of hydrogen-bond acceptors (Lipinski definition) is 4. The second-order valence-electron chi connectivity index (χ2n) is 7.49. The van der Waals surface area contributed by atoms with Crippen molar-refractivity contribution in [3.05, 3.63) is 77.4 Å². The van der Waals surface area contributed by atoms with E-state index in [1.54, 1.807) is 13.2 Å². The van der Waals surface area contributed by atoms with Gasteiger partial charge in [-0.2, -0.15) is 18.3 Å². The van der Waals surface area contributed by atoms with Crippen molar-refractivity contribution in [1.29, 1.82) is 0 Å². The molecule has 2 aromatic carbocycles. The first-order valence-corrected chi connectivity index (χ1v) is 10.8. The molecule has 0 aliphatic rings. The van der Waals surface area contributed by atoms with Crippen LogP contribution in [0, 0.1) is 5.82 Å².